The molecule has 3 aromatic rings. The molecule has 8 heteroatoms. The van der Waals surface area contributed by atoms with E-state index in [9.17, 15) is 4.79 Å². The Morgan fingerprint density at radius 3 is 2.74 bits per heavy atom. The van der Waals surface area contributed by atoms with Crippen LogP contribution in [0.25, 0.3) is 11.4 Å². The van der Waals surface area contributed by atoms with Gasteiger partial charge in [0.1, 0.15) is 11.5 Å². The number of likely N-dealkylation sites (tertiary alicyclic amines) is 2. The molecule has 1 spiro atoms. The molecule has 0 unspecified atom stereocenters. The molecule has 2 aliphatic rings. The summed E-state index contributed by atoms with van der Waals surface area (Å²) in [6, 6.07) is 13.6. The molecule has 0 radical (unpaired) electrons. The molecular formula is C27H32N4O4. The Balaban J connectivity index is 1.40. The fourth-order valence-corrected chi connectivity index (χ4v) is 5.59. The van der Waals surface area contributed by atoms with E-state index in [4.69, 9.17) is 19.0 Å². The molecule has 1 aromatic heterocycles. The van der Waals surface area contributed by atoms with Crippen LogP contribution in [0.3, 0.4) is 0 Å². The van der Waals surface area contributed by atoms with Crippen LogP contribution in [0.4, 0.5) is 0 Å². The molecular weight excluding hydrogens is 444 g/mol. The van der Waals surface area contributed by atoms with Gasteiger partial charge in [0.05, 0.1) is 26.6 Å². The first kappa shape index (κ1) is 23.4. The summed E-state index contributed by atoms with van der Waals surface area (Å²) in [6.45, 7) is 5.17. The van der Waals surface area contributed by atoms with Crippen molar-refractivity contribution >= 4 is 5.91 Å². The normalized spacial score (nSPS) is 22.2. The van der Waals surface area contributed by atoms with Crippen molar-refractivity contribution in [1.82, 2.24) is 19.9 Å². The minimum Gasteiger partial charge on any atom is -0.497 e. The van der Waals surface area contributed by atoms with Crippen molar-refractivity contribution in [2.24, 2.45) is 5.41 Å². The smallest absolute Gasteiger partial charge is 0.232 e. The maximum absolute atomic E-state index is 13.5. The monoisotopic (exact) mass is 476 g/mol. The van der Waals surface area contributed by atoms with Gasteiger partial charge in [-0.2, -0.15) is 4.98 Å². The molecule has 2 aliphatic heterocycles. The second kappa shape index (κ2) is 9.34. The predicted octanol–water partition coefficient (Wildman–Crippen LogP) is 3.55. The summed E-state index contributed by atoms with van der Waals surface area (Å²) in [6.07, 6.45) is 1.24. The quantitative estimate of drug-likeness (QED) is 0.538. The summed E-state index contributed by atoms with van der Waals surface area (Å²) >= 11 is 0. The molecule has 0 bridgehead atoms. The highest BCUT2D eigenvalue weighted by molar-refractivity contribution is 5.80. The van der Waals surface area contributed by atoms with Gasteiger partial charge in [-0.25, -0.2) is 0 Å². The van der Waals surface area contributed by atoms with Crippen LogP contribution in [0.2, 0.25) is 0 Å². The van der Waals surface area contributed by atoms with Gasteiger partial charge in [-0.1, -0.05) is 28.9 Å². The minimum atomic E-state index is -0.0979. The number of hydrogen-bond donors (Lipinski definition) is 0. The number of carbonyl (C=O) groups excluding carboxylic acids is 1. The van der Waals surface area contributed by atoms with Crippen molar-refractivity contribution in [3.63, 3.8) is 0 Å². The largest absolute Gasteiger partial charge is 0.497 e. The van der Waals surface area contributed by atoms with Crippen LogP contribution in [0.15, 0.2) is 47.0 Å². The Bertz CT molecular complexity index is 1230. The van der Waals surface area contributed by atoms with Crippen LogP contribution in [0.5, 0.6) is 11.5 Å². The number of carbonyl (C=O) groups is 1. The highest BCUT2D eigenvalue weighted by Crippen LogP contribution is 2.48. The number of rotatable bonds is 6. The maximum atomic E-state index is 13.5. The Morgan fingerprint density at radius 1 is 1.17 bits per heavy atom. The van der Waals surface area contributed by atoms with Gasteiger partial charge in [0, 0.05) is 36.2 Å². The first-order valence-electron chi connectivity index (χ1n) is 12.0. The third-order valence-corrected chi connectivity index (χ3v) is 7.42. The highest BCUT2D eigenvalue weighted by atomic mass is 16.5. The third-order valence-electron chi connectivity index (χ3n) is 7.42. The number of aromatic nitrogens is 2. The van der Waals surface area contributed by atoms with Crippen LogP contribution in [-0.2, 0) is 11.2 Å². The second-order valence-electron chi connectivity index (χ2n) is 9.86. The van der Waals surface area contributed by atoms with Crippen molar-refractivity contribution in [3.05, 3.63) is 59.5 Å². The van der Waals surface area contributed by atoms with E-state index in [-0.39, 0.29) is 23.7 Å². The number of nitrogens with zero attached hydrogens (tertiary/aromatic N) is 4. The lowest BCUT2D eigenvalue weighted by molar-refractivity contribution is -0.129. The standard InChI is InChI=1S/C27H32N4O4/c1-18-6-5-7-19(12-18)25-28-26(35-29-25)22-15-31(17-27(22)10-11-30(2)16-27)24(32)14-20-13-21(33-3)8-9-23(20)34-4/h5-9,12-13,22H,10-11,14-17H2,1-4H3/t22-,27-/m0/s1. The fourth-order valence-electron chi connectivity index (χ4n) is 5.59. The van der Waals surface area contributed by atoms with E-state index in [2.05, 4.69) is 23.2 Å². The topological polar surface area (TPSA) is 80.9 Å². The Morgan fingerprint density at radius 2 is 2.03 bits per heavy atom. The van der Waals surface area contributed by atoms with Gasteiger partial charge in [-0.3, -0.25) is 4.79 Å². The number of benzene rings is 2. The zero-order valence-corrected chi connectivity index (χ0v) is 20.8. The van der Waals surface area contributed by atoms with Crippen molar-refractivity contribution < 1.29 is 18.8 Å². The van der Waals surface area contributed by atoms with Crippen LogP contribution in [0.1, 0.15) is 29.4 Å². The zero-order chi connectivity index (χ0) is 24.6. The number of aryl methyl sites for hydroxylation is 1. The van der Waals surface area contributed by atoms with Crippen molar-refractivity contribution in [2.75, 3.05) is 47.4 Å². The molecule has 5 rings (SSSR count). The summed E-state index contributed by atoms with van der Waals surface area (Å²) in [5.74, 6) is 2.66. The van der Waals surface area contributed by atoms with Crippen molar-refractivity contribution in [3.8, 4) is 22.9 Å². The van der Waals surface area contributed by atoms with Crippen LogP contribution >= 0.6 is 0 Å². The highest BCUT2D eigenvalue weighted by Gasteiger charge is 2.53. The Labute approximate surface area is 205 Å². The van der Waals surface area contributed by atoms with Crippen LogP contribution in [-0.4, -0.2) is 73.3 Å². The number of methoxy groups -OCH3 is 2. The maximum Gasteiger partial charge on any atom is 0.232 e. The average Bonchev–Trinajstić information content (AvgIpc) is 3.58. The van der Waals surface area contributed by atoms with E-state index in [1.165, 1.54) is 0 Å². The molecule has 1 amide bonds. The summed E-state index contributed by atoms with van der Waals surface area (Å²) in [7, 11) is 5.37. The zero-order valence-electron chi connectivity index (χ0n) is 20.8. The van der Waals surface area contributed by atoms with Crippen LogP contribution < -0.4 is 9.47 Å². The van der Waals surface area contributed by atoms with E-state index in [1.54, 1.807) is 14.2 Å². The molecule has 2 aromatic carbocycles. The van der Waals surface area contributed by atoms with Gasteiger partial charge in [0.15, 0.2) is 0 Å². The molecule has 0 saturated carbocycles. The Hall–Kier alpha value is -3.39. The molecule has 2 saturated heterocycles. The summed E-state index contributed by atoms with van der Waals surface area (Å²) < 4.78 is 16.7. The lowest BCUT2D eigenvalue weighted by Crippen LogP contribution is -2.35. The van der Waals surface area contributed by atoms with Crippen molar-refractivity contribution in [1.29, 1.82) is 0 Å². The molecule has 2 fully saturated rings. The number of hydrogen-bond acceptors (Lipinski definition) is 7. The fraction of sp³-hybridized carbons (Fsp3) is 0.444. The summed E-state index contributed by atoms with van der Waals surface area (Å²) in [4.78, 5) is 22.6. The molecule has 0 aliphatic carbocycles. The molecule has 0 N–H and O–H groups in total. The van der Waals surface area contributed by atoms with Gasteiger partial charge >= 0.3 is 0 Å². The Kier molecular flexibility index (Phi) is 6.23. The molecule has 8 nitrogen and oxygen atoms in total. The van der Waals surface area contributed by atoms with Crippen LogP contribution in [0, 0.1) is 12.3 Å². The summed E-state index contributed by atoms with van der Waals surface area (Å²) in [5, 5.41) is 4.29. The second-order valence-corrected chi connectivity index (χ2v) is 9.86. The first-order valence-corrected chi connectivity index (χ1v) is 12.0. The van der Waals surface area contributed by atoms with Gasteiger partial charge < -0.3 is 23.8 Å². The van der Waals surface area contributed by atoms with Gasteiger partial charge in [-0.15, -0.1) is 0 Å². The third kappa shape index (κ3) is 4.50. The first-order chi connectivity index (χ1) is 16.9. The van der Waals surface area contributed by atoms with E-state index < -0.39 is 0 Å². The van der Waals surface area contributed by atoms with E-state index in [0.717, 1.165) is 36.2 Å². The number of amides is 1. The number of ether oxygens (including phenoxy) is 2. The molecule has 2 atom stereocenters. The molecule has 3 heterocycles. The lowest BCUT2D eigenvalue weighted by atomic mass is 9.77. The SMILES string of the molecule is COc1ccc(OC)c(CC(=O)N2C[C@@H](c3nc(-c4cccc(C)c4)no3)[C@]3(CCN(C)C3)C2)c1. The van der Waals surface area contributed by atoms with E-state index in [0.29, 0.717) is 36.3 Å². The average molecular weight is 477 g/mol. The van der Waals surface area contributed by atoms with Gasteiger partial charge in [0.25, 0.3) is 0 Å². The van der Waals surface area contributed by atoms with E-state index >= 15 is 0 Å². The molecule has 35 heavy (non-hydrogen) atoms. The van der Waals surface area contributed by atoms with Crippen molar-refractivity contribution in [2.45, 2.75) is 25.7 Å². The van der Waals surface area contributed by atoms with Gasteiger partial charge in [-0.05, 0) is 51.2 Å². The van der Waals surface area contributed by atoms with E-state index in [1.807, 2.05) is 48.2 Å². The van der Waals surface area contributed by atoms with Gasteiger partial charge in [0.2, 0.25) is 17.6 Å². The predicted molar refractivity (Wildman–Crippen MR) is 132 cm³/mol. The lowest BCUT2D eigenvalue weighted by Gasteiger charge is -2.27. The molecule has 184 valence electrons. The summed E-state index contributed by atoms with van der Waals surface area (Å²) in [5.41, 5.74) is 2.80. The minimum absolute atomic E-state index is 0.00494.